The summed E-state index contributed by atoms with van der Waals surface area (Å²) in [5, 5.41) is 12.3. The number of hydrogen-bond acceptors (Lipinski definition) is 3. The number of nitrogens with one attached hydrogen (secondary N) is 1. The predicted octanol–water partition coefficient (Wildman–Crippen LogP) is -0.280. The second kappa shape index (κ2) is 3.87. The lowest BCUT2D eigenvalue weighted by molar-refractivity contribution is -0.134. The van der Waals surface area contributed by atoms with Crippen molar-refractivity contribution >= 4 is 5.91 Å². The van der Waals surface area contributed by atoms with Gasteiger partial charge in [0.05, 0.1) is 6.61 Å². The Bertz CT molecular complexity index is 228. The molecule has 1 aliphatic heterocycles. The summed E-state index contributed by atoms with van der Waals surface area (Å²) >= 11 is 0. The normalized spacial score (nSPS) is 34.4. The molecule has 1 aliphatic carbocycles. The number of hydrogen-bond donors (Lipinski definition) is 2. The maximum atomic E-state index is 11.9. The summed E-state index contributed by atoms with van der Waals surface area (Å²) in [6, 6.07) is 0.400. The van der Waals surface area contributed by atoms with Crippen molar-refractivity contribution in [3.8, 4) is 0 Å². The van der Waals surface area contributed by atoms with Gasteiger partial charge in [0.2, 0.25) is 5.91 Å². The minimum absolute atomic E-state index is 0.0827. The molecule has 0 radical (unpaired) electrons. The number of aliphatic hydroxyl groups excluding tert-OH is 1. The van der Waals surface area contributed by atoms with Crippen LogP contribution in [0, 0.1) is 0 Å². The van der Waals surface area contributed by atoms with Crippen LogP contribution in [0.25, 0.3) is 0 Å². The van der Waals surface area contributed by atoms with Crippen LogP contribution in [0.5, 0.6) is 0 Å². The molecule has 2 aliphatic rings. The van der Waals surface area contributed by atoms with Gasteiger partial charge < -0.3 is 15.3 Å². The van der Waals surface area contributed by atoms with Crippen molar-refractivity contribution in [3.63, 3.8) is 0 Å². The van der Waals surface area contributed by atoms with Gasteiger partial charge in [0.15, 0.2) is 0 Å². The van der Waals surface area contributed by atoms with Gasteiger partial charge in [0.25, 0.3) is 0 Å². The second-order valence-electron chi connectivity index (χ2n) is 4.35. The van der Waals surface area contributed by atoms with E-state index in [1.165, 1.54) is 0 Å². The van der Waals surface area contributed by atoms with Gasteiger partial charge in [-0.1, -0.05) is 0 Å². The molecule has 0 spiro atoms. The molecule has 0 aromatic heterocycles. The van der Waals surface area contributed by atoms with Gasteiger partial charge in [-0.2, -0.15) is 0 Å². The molecule has 2 N–H and O–H groups in total. The van der Waals surface area contributed by atoms with Gasteiger partial charge >= 0.3 is 0 Å². The highest BCUT2D eigenvalue weighted by Gasteiger charge is 2.37. The zero-order valence-corrected chi connectivity index (χ0v) is 8.57. The van der Waals surface area contributed by atoms with E-state index in [0.29, 0.717) is 12.1 Å². The summed E-state index contributed by atoms with van der Waals surface area (Å²) in [5.41, 5.74) is 0. The molecule has 0 bridgehead atoms. The summed E-state index contributed by atoms with van der Waals surface area (Å²) in [7, 11) is 0. The molecule has 1 saturated heterocycles. The topological polar surface area (TPSA) is 52.6 Å². The fourth-order valence-corrected chi connectivity index (χ4v) is 2.02. The number of rotatable bonds is 2. The van der Waals surface area contributed by atoms with Crippen molar-refractivity contribution in [1.82, 2.24) is 10.2 Å². The summed E-state index contributed by atoms with van der Waals surface area (Å²) < 4.78 is 0. The number of amides is 1. The highest BCUT2D eigenvalue weighted by atomic mass is 16.3. The Labute approximate surface area is 84.3 Å². The molecule has 1 saturated carbocycles. The van der Waals surface area contributed by atoms with Crippen LogP contribution in [0.3, 0.4) is 0 Å². The minimum Gasteiger partial charge on any atom is -0.394 e. The summed E-state index contributed by atoms with van der Waals surface area (Å²) in [4.78, 5) is 13.8. The number of nitrogens with zero attached hydrogens (tertiary/aromatic N) is 1. The lowest BCUT2D eigenvalue weighted by Crippen LogP contribution is -2.48. The third-order valence-electron chi connectivity index (χ3n) is 3.04. The first-order valence-corrected chi connectivity index (χ1v) is 5.39. The monoisotopic (exact) mass is 198 g/mol. The van der Waals surface area contributed by atoms with Crippen molar-refractivity contribution in [2.45, 2.75) is 44.3 Å². The quantitative estimate of drug-likeness (QED) is 0.641. The van der Waals surface area contributed by atoms with Crippen LogP contribution >= 0.6 is 0 Å². The molecule has 0 aromatic carbocycles. The van der Waals surface area contributed by atoms with Gasteiger partial charge in [0.1, 0.15) is 6.04 Å². The first kappa shape index (κ1) is 9.93. The van der Waals surface area contributed by atoms with Gasteiger partial charge in [0, 0.05) is 18.6 Å². The van der Waals surface area contributed by atoms with E-state index in [1.807, 2.05) is 4.90 Å². The van der Waals surface area contributed by atoms with Crippen LogP contribution in [-0.4, -0.2) is 47.2 Å². The number of aliphatic hydroxyl groups is 1. The second-order valence-corrected chi connectivity index (χ2v) is 4.35. The lowest BCUT2D eigenvalue weighted by Gasteiger charge is -2.22. The fourth-order valence-electron chi connectivity index (χ4n) is 2.02. The molecule has 1 amide bonds. The van der Waals surface area contributed by atoms with Crippen molar-refractivity contribution in [3.05, 3.63) is 0 Å². The lowest BCUT2D eigenvalue weighted by atomic mass is 10.2. The van der Waals surface area contributed by atoms with Crippen molar-refractivity contribution in [1.29, 1.82) is 0 Å². The molecule has 2 fully saturated rings. The Morgan fingerprint density at radius 3 is 2.79 bits per heavy atom. The van der Waals surface area contributed by atoms with Crippen molar-refractivity contribution in [2.75, 3.05) is 13.2 Å². The Balaban J connectivity index is 2.06. The van der Waals surface area contributed by atoms with E-state index in [1.54, 1.807) is 0 Å². The Kier molecular flexibility index (Phi) is 2.74. The summed E-state index contributed by atoms with van der Waals surface area (Å²) in [6.07, 6.45) is 3.26. The Hall–Kier alpha value is -0.610. The SMILES string of the molecule is CC1CCN(C2CC2)C(=O)C(CO)N1. The maximum absolute atomic E-state index is 11.9. The van der Waals surface area contributed by atoms with Gasteiger partial charge in [-0.3, -0.25) is 4.79 Å². The summed E-state index contributed by atoms with van der Waals surface area (Å²) in [6.45, 7) is 2.81. The molecule has 14 heavy (non-hydrogen) atoms. The molecule has 4 nitrogen and oxygen atoms in total. The molecule has 1 heterocycles. The van der Waals surface area contributed by atoms with E-state index in [4.69, 9.17) is 5.11 Å². The molecule has 80 valence electrons. The van der Waals surface area contributed by atoms with Crippen LogP contribution in [-0.2, 0) is 4.79 Å². The Morgan fingerprint density at radius 1 is 1.50 bits per heavy atom. The van der Waals surface area contributed by atoms with Crippen LogP contribution in [0.2, 0.25) is 0 Å². The van der Waals surface area contributed by atoms with Crippen molar-refractivity contribution in [2.24, 2.45) is 0 Å². The molecule has 4 heteroatoms. The van der Waals surface area contributed by atoms with E-state index < -0.39 is 0 Å². The molecule has 2 unspecified atom stereocenters. The van der Waals surface area contributed by atoms with Gasteiger partial charge in [-0.15, -0.1) is 0 Å². The zero-order valence-electron chi connectivity index (χ0n) is 8.57. The molecule has 2 rings (SSSR count). The van der Waals surface area contributed by atoms with E-state index >= 15 is 0 Å². The fraction of sp³-hybridized carbons (Fsp3) is 0.900. The molecular formula is C10H18N2O2. The van der Waals surface area contributed by atoms with Crippen LogP contribution < -0.4 is 5.32 Å². The number of carbonyl (C=O) groups excluding carboxylic acids is 1. The highest BCUT2D eigenvalue weighted by Crippen LogP contribution is 2.28. The largest absolute Gasteiger partial charge is 0.394 e. The summed E-state index contributed by atoms with van der Waals surface area (Å²) in [5.74, 6) is 0.0827. The average Bonchev–Trinajstić information content (AvgIpc) is 2.96. The smallest absolute Gasteiger partial charge is 0.242 e. The average molecular weight is 198 g/mol. The first-order chi connectivity index (χ1) is 6.72. The number of carbonyl (C=O) groups is 1. The molecule has 0 aromatic rings. The third-order valence-corrected chi connectivity index (χ3v) is 3.04. The minimum atomic E-state index is -0.381. The van der Waals surface area contributed by atoms with Gasteiger partial charge in [-0.05, 0) is 26.2 Å². The maximum Gasteiger partial charge on any atom is 0.242 e. The molecular weight excluding hydrogens is 180 g/mol. The third kappa shape index (κ3) is 1.91. The molecule has 2 atom stereocenters. The van der Waals surface area contributed by atoms with Crippen LogP contribution in [0.1, 0.15) is 26.2 Å². The van der Waals surface area contributed by atoms with E-state index in [0.717, 1.165) is 25.8 Å². The van der Waals surface area contributed by atoms with Gasteiger partial charge in [-0.25, -0.2) is 0 Å². The van der Waals surface area contributed by atoms with Crippen LogP contribution in [0.4, 0.5) is 0 Å². The Morgan fingerprint density at radius 2 is 2.21 bits per heavy atom. The van der Waals surface area contributed by atoms with E-state index in [9.17, 15) is 4.79 Å². The zero-order chi connectivity index (χ0) is 10.1. The van der Waals surface area contributed by atoms with Crippen molar-refractivity contribution < 1.29 is 9.90 Å². The van der Waals surface area contributed by atoms with E-state index in [2.05, 4.69) is 12.2 Å². The van der Waals surface area contributed by atoms with Crippen LogP contribution in [0.15, 0.2) is 0 Å². The van der Waals surface area contributed by atoms with E-state index in [-0.39, 0.29) is 18.6 Å². The standard InChI is InChI=1S/C10H18N2O2/c1-7-4-5-12(8-2-3-8)10(14)9(6-13)11-7/h7-9,11,13H,2-6H2,1H3. The predicted molar refractivity (Wildman–Crippen MR) is 52.8 cm³/mol. The first-order valence-electron chi connectivity index (χ1n) is 5.39. The highest BCUT2D eigenvalue weighted by molar-refractivity contribution is 5.83.